The lowest BCUT2D eigenvalue weighted by Crippen LogP contribution is -2.61. The first-order valence-corrected chi connectivity index (χ1v) is 9.85. The molecule has 0 aliphatic heterocycles. The summed E-state index contributed by atoms with van der Waals surface area (Å²) in [6.07, 6.45) is 10.7. The Hall–Kier alpha value is -0.850. The second kappa shape index (κ2) is 5.32. The first kappa shape index (κ1) is 16.6. The molecular formula is C21H31NO2. The number of aliphatic hydroxyl groups is 2. The molecule has 4 saturated carbocycles. The molecule has 0 bridgehead atoms. The highest BCUT2D eigenvalue weighted by Crippen LogP contribution is 2.68. The Morgan fingerprint density at radius 1 is 1.08 bits per heavy atom. The zero-order valence-electron chi connectivity index (χ0n) is 15.1. The molecule has 3 nitrogen and oxygen atoms in total. The zero-order valence-corrected chi connectivity index (χ0v) is 15.1. The Morgan fingerprint density at radius 3 is 2.62 bits per heavy atom. The SMILES string of the molecule is C[C@]12CC[C@H](O)C[C@H]1CC[C@@H]1[C@@H]2CC[C@]2(C)/C(=C/C#N)CC[C@]12O. The minimum atomic E-state index is -0.636. The molecule has 24 heavy (non-hydrogen) atoms. The van der Waals surface area contributed by atoms with E-state index >= 15 is 0 Å². The molecule has 7 atom stereocenters. The predicted molar refractivity (Wildman–Crippen MR) is 92.9 cm³/mol. The van der Waals surface area contributed by atoms with Gasteiger partial charge < -0.3 is 10.2 Å². The van der Waals surface area contributed by atoms with Crippen molar-refractivity contribution in [3.05, 3.63) is 11.6 Å². The summed E-state index contributed by atoms with van der Waals surface area (Å²) in [6.45, 7) is 4.64. The third-order valence-corrected chi connectivity index (χ3v) is 8.91. The van der Waals surface area contributed by atoms with Crippen LogP contribution < -0.4 is 0 Å². The Morgan fingerprint density at radius 2 is 1.88 bits per heavy atom. The van der Waals surface area contributed by atoms with Crippen molar-refractivity contribution in [2.24, 2.45) is 28.6 Å². The van der Waals surface area contributed by atoms with E-state index in [0.717, 1.165) is 57.8 Å². The van der Waals surface area contributed by atoms with E-state index in [1.807, 2.05) is 0 Å². The van der Waals surface area contributed by atoms with Crippen LogP contribution in [-0.4, -0.2) is 21.9 Å². The number of hydrogen-bond donors (Lipinski definition) is 2. The van der Waals surface area contributed by atoms with E-state index in [0.29, 0.717) is 17.8 Å². The van der Waals surface area contributed by atoms with E-state index in [2.05, 4.69) is 19.9 Å². The van der Waals surface area contributed by atoms with Crippen molar-refractivity contribution in [2.45, 2.75) is 83.3 Å². The maximum atomic E-state index is 11.8. The zero-order chi connectivity index (χ0) is 17.2. The fourth-order valence-electron chi connectivity index (χ4n) is 7.36. The average Bonchev–Trinajstić information content (AvgIpc) is 2.81. The molecule has 0 unspecified atom stereocenters. The monoisotopic (exact) mass is 329 g/mol. The maximum absolute atomic E-state index is 11.8. The molecule has 132 valence electrons. The number of allylic oxidation sites excluding steroid dienone is 1. The number of rotatable bonds is 0. The van der Waals surface area contributed by atoms with Gasteiger partial charge >= 0.3 is 0 Å². The van der Waals surface area contributed by atoms with Crippen molar-refractivity contribution < 1.29 is 10.2 Å². The van der Waals surface area contributed by atoms with Gasteiger partial charge in [0, 0.05) is 11.5 Å². The van der Waals surface area contributed by atoms with Crippen molar-refractivity contribution in [2.75, 3.05) is 0 Å². The lowest BCUT2D eigenvalue weighted by Gasteiger charge is -2.63. The molecule has 0 amide bonds. The first-order valence-electron chi connectivity index (χ1n) is 9.85. The minimum absolute atomic E-state index is 0.117. The highest BCUT2D eigenvalue weighted by atomic mass is 16.3. The molecule has 0 aromatic heterocycles. The smallest absolute Gasteiger partial charge is 0.0911 e. The van der Waals surface area contributed by atoms with Crippen LogP contribution in [0.4, 0.5) is 0 Å². The summed E-state index contributed by atoms with van der Waals surface area (Å²) >= 11 is 0. The summed E-state index contributed by atoms with van der Waals surface area (Å²) in [6, 6.07) is 2.21. The molecule has 0 radical (unpaired) electrons. The van der Waals surface area contributed by atoms with Crippen molar-refractivity contribution in [3.63, 3.8) is 0 Å². The molecule has 0 heterocycles. The number of nitriles is 1. The van der Waals surface area contributed by atoms with Crippen molar-refractivity contribution >= 4 is 0 Å². The fraction of sp³-hybridized carbons (Fsp3) is 0.857. The third-order valence-electron chi connectivity index (χ3n) is 8.91. The number of nitrogens with zero attached hydrogens (tertiary/aromatic N) is 1. The van der Waals surface area contributed by atoms with E-state index in [1.54, 1.807) is 6.08 Å². The topological polar surface area (TPSA) is 64.2 Å². The van der Waals surface area contributed by atoms with Crippen LogP contribution in [0.3, 0.4) is 0 Å². The van der Waals surface area contributed by atoms with Crippen molar-refractivity contribution in [1.82, 2.24) is 0 Å². The molecule has 2 N–H and O–H groups in total. The van der Waals surface area contributed by atoms with Crippen molar-refractivity contribution in [3.8, 4) is 6.07 Å². The summed E-state index contributed by atoms with van der Waals surface area (Å²) in [7, 11) is 0. The van der Waals surface area contributed by atoms with Crippen LogP contribution in [0, 0.1) is 39.9 Å². The third kappa shape index (κ3) is 1.96. The van der Waals surface area contributed by atoms with E-state index in [1.165, 1.54) is 5.57 Å². The Balaban J connectivity index is 1.69. The molecule has 4 aliphatic carbocycles. The van der Waals surface area contributed by atoms with Crippen LogP contribution >= 0.6 is 0 Å². The van der Waals surface area contributed by atoms with Gasteiger partial charge in [0.25, 0.3) is 0 Å². The quantitative estimate of drug-likeness (QED) is 0.661. The summed E-state index contributed by atoms with van der Waals surface area (Å²) in [5, 5.41) is 31.1. The molecule has 4 aliphatic rings. The van der Waals surface area contributed by atoms with Gasteiger partial charge in [0.15, 0.2) is 0 Å². The fourth-order valence-corrected chi connectivity index (χ4v) is 7.36. The Bertz CT molecular complexity index is 607. The molecule has 4 rings (SSSR count). The molecular weight excluding hydrogens is 298 g/mol. The lowest BCUT2D eigenvalue weighted by molar-refractivity contribution is -0.195. The summed E-state index contributed by atoms with van der Waals surface area (Å²) in [5.41, 5.74) is 0.613. The van der Waals surface area contributed by atoms with Crippen LogP contribution in [0.25, 0.3) is 0 Å². The van der Waals surface area contributed by atoms with Gasteiger partial charge in [0.1, 0.15) is 0 Å². The number of fused-ring (bicyclic) bond motifs is 5. The predicted octanol–water partition coefficient (Wildman–Crippen LogP) is 3.95. The lowest BCUT2D eigenvalue weighted by atomic mass is 9.43. The molecule has 0 aromatic rings. The van der Waals surface area contributed by atoms with Crippen LogP contribution in [0.1, 0.15) is 71.6 Å². The Kier molecular flexibility index (Phi) is 3.68. The molecule has 0 spiro atoms. The Labute approximate surface area is 145 Å². The van der Waals surface area contributed by atoms with Crippen LogP contribution in [-0.2, 0) is 0 Å². The van der Waals surface area contributed by atoms with Gasteiger partial charge in [0.05, 0.1) is 17.8 Å². The standard InChI is InChI=1S/C21H31NO2/c1-19-9-6-16(23)13-15(19)3-4-18-17(19)7-10-20(2)14(8-12-22)5-11-21(18,20)24/h8,15-18,23-24H,3-7,9-11,13H2,1-2H3/b14-8+/t15-,16+,17+,18-,19+,20-,21+/m1/s1. The molecule has 3 heteroatoms. The number of hydrogen-bond acceptors (Lipinski definition) is 3. The minimum Gasteiger partial charge on any atom is -0.393 e. The van der Waals surface area contributed by atoms with E-state index in [9.17, 15) is 10.2 Å². The van der Waals surface area contributed by atoms with Crippen LogP contribution in [0.5, 0.6) is 0 Å². The normalized spacial score (nSPS) is 55.4. The van der Waals surface area contributed by atoms with E-state index < -0.39 is 5.60 Å². The molecule has 0 saturated heterocycles. The second-order valence-electron chi connectivity index (χ2n) is 9.51. The van der Waals surface area contributed by atoms with Crippen LogP contribution in [0.2, 0.25) is 0 Å². The molecule has 0 aromatic carbocycles. The van der Waals surface area contributed by atoms with E-state index in [4.69, 9.17) is 5.26 Å². The van der Waals surface area contributed by atoms with Gasteiger partial charge in [-0.05, 0) is 81.0 Å². The van der Waals surface area contributed by atoms with E-state index in [-0.39, 0.29) is 16.9 Å². The van der Waals surface area contributed by atoms with Crippen LogP contribution in [0.15, 0.2) is 11.6 Å². The van der Waals surface area contributed by atoms with Gasteiger partial charge in [-0.25, -0.2) is 0 Å². The van der Waals surface area contributed by atoms with Gasteiger partial charge in [-0.2, -0.15) is 5.26 Å². The van der Waals surface area contributed by atoms with Crippen molar-refractivity contribution in [1.29, 1.82) is 5.26 Å². The average molecular weight is 329 g/mol. The van der Waals surface area contributed by atoms with Gasteiger partial charge in [-0.15, -0.1) is 0 Å². The van der Waals surface area contributed by atoms with Gasteiger partial charge in [0.2, 0.25) is 0 Å². The summed E-state index contributed by atoms with van der Waals surface area (Å²) in [5.74, 6) is 1.55. The summed E-state index contributed by atoms with van der Waals surface area (Å²) < 4.78 is 0. The maximum Gasteiger partial charge on any atom is 0.0911 e. The largest absolute Gasteiger partial charge is 0.393 e. The molecule has 4 fully saturated rings. The number of aliphatic hydroxyl groups excluding tert-OH is 1. The summed E-state index contributed by atoms with van der Waals surface area (Å²) in [4.78, 5) is 0. The highest BCUT2D eigenvalue weighted by Gasteiger charge is 2.65. The van der Waals surface area contributed by atoms with Gasteiger partial charge in [-0.3, -0.25) is 0 Å². The highest BCUT2D eigenvalue weighted by molar-refractivity contribution is 5.33. The van der Waals surface area contributed by atoms with Gasteiger partial charge in [-0.1, -0.05) is 19.4 Å². The first-order chi connectivity index (χ1) is 11.3. The second-order valence-corrected chi connectivity index (χ2v) is 9.51.